The van der Waals surface area contributed by atoms with Crippen molar-refractivity contribution >= 4 is 50.1 Å². The van der Waals surface area contributed by atoms with Crippen molar-refractivity contribution in [1.82, 2.24) is 5.01 Å². The summed E-state index contributed by atoms with van der Waals surface area (Å²) < 4.78 is 1.96. The largest absolute Gasteiger partial charge is 0.365 e. The van der Waals surface area contributed by atoms with Gasteiger partial charge in [-0.1, -0.05) is 28.1 Å². The summed E-state index contributed by atoms with van der Waals surface area (Å²) in [5.74, 6) is -0.316. The second-order valence-corrected chi connectivity index (χ2v) is 7.62. The van der Waals surface area contributed by atoms with Crippen LogP contribution in [0.5, 0.6) is 0 Å². The fourth-order valence-electron chi connectivity index (χ4n) is 2.59. The molecule has 0 radical (unpaired) electrons. The number of aliphatic hydroxyl groups is 1. The van der Waals surface area contributed by atoms with Crippen LogP contribution in [-0.4, -0.2) is 21.7 Å². The monoisotopic (exact) mass is 484 g/mol. The molecule has 3 rings (SSSR count). The minimum atomic E-state index is -1.45. The van der Waals surface area contributed by atoms with Crippen molar-refractivity contribution in [2.45, 2.75) is 19.1 Å². The van der Waals surface area contributed by atoms with Crippen LogP contribution < -0.4 is 0 Å². The molecule has 0 bridgehead atoms. The van der Waals surface area contributed by atoms with Gasteiger partial charge in [0.15, 0.2) is 5.72 Å². The van der Waals surface area contributed by atoms with E-state index in [1.807, 2.05) is 31.2 Å². The Bertz CT molecular complexity index is 774. The molecular weight excluding hydrogens is 471 g/mol. The number of rotatable bonds is 2. The number of hydrogen-bond donors (Lipinski definition) is 1. The van der Waals surface area contributed by atoms with E-state index in [1.165, 1.54) is 5.01 Å². The third-order valence-electron chi connectivity index (χ3n) is 3.71. The first-order valence-electron chi connectivity index (χ1n) is 7.03. The molecule has 2 aromatic rings. The molecule has 1 N–H and O–H groups in total. The van der Waals surface area contributed by atoms with Crippen LogP contribution in [0.1, 0.15) is 29.3 Å². The van der Waals surface area contributed by atoms with Gasteiger partial charge < -0.3 is 5.11 Å². The van der Waals surface area contributed by atoms with Crippen molar-refractivity contribution in [1.29, 1.82) is 0 Å². The van der Waals surface area contributed by atoms with Crippen molar-refractivity contribution in [3.63, 3.8) is 0 Å². The van der Waals surface area contributed by atoms with Crippen LogP contribution in [0.3, 0.4) is 0 Å². The number of carbonyl (C=O) groups is 1. The highest BCUT2D eigenvalue weighted by molar-refractivity contribution is 14.1. The highest BCUT2D eigenvalue weighted by Crippen LogP contribution is 2.36. The maximum absolute atomic E-state index is 12.8. The summed E-state index contributed by atoms with van der Waals surface area (Å²) in [7, 11) is 0. The van der Waals surface area contributed by atoms with E-state index in [0.717, 1.165) is 8.04 Å². The number of amides is 1. The van der Waals surface area contributed by atoms with Crippen LogP contribution in [0.2, 0.25) is 0 Å². The molecule has 0 saturated heterocycles. The lowest BCUT2D eigenvalue weighted by Gasteiger charge is -2.31. The van der Waals surface area contributed by atoms with Gasteiger partial charge in [0.25, 0.3) is 5.91 Å². The van der Waals surface area contributed by atoms with Crippen molar-refractivity contribution in [2.24, 2.45) is 5.10 Å². The third kappa shape index (κ3) is 3.20. The lowest BCUT2D eigenvalue weighted by atomic mass is 9.97. The number of hydrazone groups is 1. The summed E-state index contributed by atoms with van der Waals surface area (Å²) in [6.07, 6.45) is 0.296. The van der Waals surface area contributed by atoms with Crippen molar-refractivity contribution in [2.75, 3.05) is 0 Å². The Labute approximate surface area is 156 Å². The molecule has 1 aliphatic heterocycles. The van der Waals surface area contributed by atoms with Gasteiger partial charge in [-0.05, 0) is 65.9 Å². The third-order valence-corrected chi connectivity index (χ3v) is 4.96. The molecule has 1 heterocycles. The first-order valence-corrected chi connectivity index (χ1v) is 8.90. The van der Waals surface area contributed by atoms with Gasteiger partial charge in [0.1, 0.15) is 0 Å². The van der Waals surface area contributed by atoms with E-state index in [1.54, 1.807) is 24.3 Å². The van der Waals surface area contributed by atoms with E-state index in [2.05, 4.69) is 43.6 Å². The topological polar surface area (TPSA) is 52.9 Å². The lowest BCUT2D eigenvalue weighted by molar-refractivity contribution is -0.0765. The van der Waals surface area contributed by atoms with E-state index in [4.69, 9.17) is 0 Å². The SMILES string of the molecule is CC1=NN(C(=O)c2ccc(I)cc2)C(O)(c2ccc(Br)cc2)C1. The van der Waals surface area contributed by atoms with Crippen molar-refractivity contribution < 1.29 is 9.90 Å². The molecule has 1 aliphatic rings. The highest BCUT2D eigenvalue weighted by atomic mass is 127. The predicted molar refractivity (Wildman–Crippen MR) is 101 cm³/mol. The molecule has 23 heavy (non-hydrogen) atoms. The lowest BCUT2D eigenvalue weighted by Crippen LogP contribution is -2.43. The molecule has 0 aromatic heterocycles. The molecule has 1 atom stereocenters. The normalized spacial score (nSPS) is 20.5. The first kappa shape index (κ1) is 16.6. The van der Waals surface area contributed by atoms with Crippen LogP contribution in [0, 0.1) is 3.57 Å². The number of halogens is 2. The van der Waals surface area contributed by atoms with E-state index in [-0.39, 0.29) is 5.91 Å². The molecular formula is C17H14BrIN2O2. The zero-order valence-electron chi connectivity index (χ0n) is 12.3. The Balaban J connectivity index is 1.99. The molecule has 2 aromatic carbocycles. The second-order valence-electron chi connectivity index (χ2n) is 5.46. The number of nitrogens with zero attached hydrogens (tertiary/aromatic N) is 2. The molecule has 1 unspecified atom stereocenters. The Morgan fingerprint density at radius 1 is 1.22 bits per heavy atom. The van der Waals surface area contributed by atoms with Crippen LogP contribution >= 0.6 is 38.5 Å². The summed E-state index contributed by atoms with van der Waals surface area (Å²) in [5.41, 5.74) is 0.402. The zero-order valence-corrected chi connectivity index (χ0v) is 16.1. The minimum Gasteiger partial charge on any atom is -0.365 e. The van der Waals surface area contributed by atoms with Gasteiger partial charge >= 0.3 is 0 Å². The zero-order chi connectivity index (χ0) is 16.6. The minimum absolute atomic E-state index is 0.296. The number of hydrogen-bond acceptors (Lipinski definition) is 3. The summed E-state index contributed by atoms with van der Waals surface area (Å²) in [6.45, 7) is 1.81. The Kier molecular flexibility index (Phi) is 4.57. The van der Waals surface area contributed by atoms with Gasteiger partial charge in [0.2, 0.25) is 0 Å². The summed E-state index contributed by atoms with van der Waals surface area (Å²) >= 11 is 5.56. The van der Waals surface area contributed by atoms with E-state index in [9.17, 15) is 9.90 Å². The summed E-state index contributed by atoms with van der Waals surface area (Å²) in [4.78, 5) is 12.8. The quantitative estimate of drug-likeness (QED) is 0.652. The maximum Gasteiger partial charge on any atom is 0.276 e. The Morgan fingerprint density at radius 2 is 1.83 bits per heavy atom. The van der Waals surface area contributed by atoms with Crippen LogP contribution in [-0.2, 0) is 5.72 Å². The molecule has 6 heteroatoms. The molecule has 0 fully saturated rings. The highest BCUT2D eigenvalue weighted by Gasteiger charge is 2.45. The molecule has 0 saturated carbocycles. The Morgan fingerprint density at radius 3 is 2.43 bits per heavy atom. The molecule has 0 spiro atoms. The maximum atomic E-state index is 12.8. The van der Waals surface area contributed by atoms with Gasteiger partial charge in [-0.2, -0.15) is 10.1 Å². The van der Waals surface area contributed by atoms with Crippen LogP contribution in [0.25, 0.3) is 0 Å². The van der Waals surface area contributed by atoms with Gasteiger partial charge in [-0.25, -0.2) is 0 Å². The fraction of sp³-hybridized carbons (Fsp3) is 0.176. The number of benzene rings is 2. The van der Waals surface area contributed by atoms with Crippen LogP contribution in [0.15, 0.2) is 58.1 Å². The van der Waals surface area contributed by atoms with E-state index < -0.39 is 5.72 Å². The van der Waals surface area contributed by atoms with E-state index in [0.29, 0.717) is 23.3 Å². The smallest absolute Gasteiger partial charge is 0.276 e. The van der Waals surface area contributed by atoms with Gasteiger partial charge in [0.05, 0.1) is 0 Å². The molecule has 1 amide bonds. The van der Waals surface area contributed by atoms with Crippen molar-refractivity contribution in [3.8, 4) is 0 Å². The van der Waals surface area contributed by atoms with Gasteiger partial charge in [-0.15, -0.1) is 0 Å². The van der Waals surface area contributed by atoms with E-state index >= 15 is 0 Å². The standard InChI is InChI=1S/C17H14BrIN2O2/c1-11-10-17(23,13-4-6-14(18)7-5-13)21(20-11)16(22)12-2-8-15(19)9-3-12/h2-9,23H,10H2,1H3. The molecule has 0 aliphatic carbocycles. The summed E-state index contributed by atoms with van der Waals surface area (Å²) in [6, 6.07) is 14.5. The molecule has 4 nitrogen and oxygen atoms in total. The fourth-order valence-corrected chi connectivity index (χ4v) is 3.21. The second kappa shape index (κ2) is 6.33. The van der Waals surface area contributed by atoms with Crippen LogP contribution in [0.4, 0.5) is 0 Å². The summed E-state index contributed by atoms with van der Waals surface area (Å²) in [5, 5.41) is 16.6. The average molecular weight is 485 g/mol. The predicted octanol–water partition coefficient (Wildman–Crippen LogP) is 4.12. The van der Waals surface area contributed by atoms with Gasteiger partial charge in [-0.3, -0.25) is 4.79 Å². The first-order chi connectivity index (χ1) is 10.9. The number of carbonyl (C=O) groups excluding carboxylic acids is 1. The molecule has 118 valence electrons. The van der Waals surface area contributed by atoms with Crippen molar-refractivity contribution in [3.05, 3.63) is 67.7 Å². The average Bonchev–Trinajstić information content (AvgIpc) is 2.84. The van der Waals surface area contributed by atoms with Gasteiger partial charge in [0, 0.05) is 31.3 Å². The Hall–Kier alpha value is -1.25.